The molecular formula is C19H16Cl2N4O4S. The first-order valence-corrected chi connectivity index (χ1v) is 10.7. The third-order valence-corrected chi connectivity index (χ3v) is 5.78. The fraction of sp³-hybridized carbons (Fsp3) is 0.105. The van der Waals surface area contributed by atoms with Crippen LogP contribution in [0.3, 0.4) is 0 Å². The third-order valence-electron chi connectivity index (χ3n) is 3.87. The molecule has 0 saturated carbocycles. The second-order valence-corrected chi connectivity index (χ2v) is 8.57. The van der Waals surface area contributed by atoms with E-state index in [0.717, 1.165) is 0 Å². The number of amides is 1. The Kier molecular flexibility index (Phi) is 6.45. The average molecular weight is 467 g/mol. The maximum Gasteiger partial charge on any atom is 0.267 e. The summed E-state index contributed by atoms with van der Waals surface area (Å²) in [5.41, 5.74) is 1.24. The molecular weight excluding hydrogens is 451 g/mol. The van der Waals surface area contributed by atoms with Crippen LogP contribution < -0.4 is 14.8 Å². The first-order valence-electron chi connectivity index (χ1n) is 8.45. The van der Waals surface area contributed by atoms with Gasteiger partial charge < -0.3 is 10.1 Å². The number of nitrogens with zero attached hydrogens (tertiary/aromatic N) is 2. The number of hydrogen-bond donors (Lipinski definition) is 2. The number of nitrogens with one attached hydrogen (secondary N) is 2. The molecule has 156 valence electrons. The molecule has 0 spiro atoms. The summed E-state index contributed by atoms with van der Waals surface area (Å²) < 4.78 is 33.6. The van der Waals surface area contributed by atoms with Gasteiger partial charge in [-0.05, 0) is 42.0 Å². The molecule has 0 fully saturated rings. The lowest BCUT2D eigenvalue weighted by molar-refractivity contribution is -0.114. The summed E-state index contributed by atoms with van der Waals surface area (Å²) in [5, 5.41) is 3.09. The molecule has 2 N–H and O–H groups in total. The maximum absolute atomic E-state index is 13.0. The van der Waals surface area contributed by atoms with E-state index < -0.39 is 10.0 Å². The lowest BCUT2D eigenvalue weighted by Gasteiger charge is -2.13. The normalized spacial score (nSPS) is 11.1. The summed E-state index contributed by atoms with van der Waals surface area (Å²) in [5.74, 6) is -0.0430. The van der Waals surface area contributed by atoms with Crippen molar-refractivity contribution in [1.82, 2.24) is 9.97 Å². The van der Waals surface area contributed by atoms with Gasteiger partial charge in [0.15, 0.2) is 0 Å². The van der Waals surface area contributed by atoms with Crippen molar-refractivity contribution >= 4 is 50.6 Å². The molecule has 0 atom stereocenters. The van der Waals surface area contributed by atoms with Crippen LogP contribution in [0.4, 0.5) is 11.5 Å². The van der Waals surface area contributed by atoms with Crippen LogP contribution in [0.25, 0.3) is 11.1 Å². The molecule has 11 heteroatoms. The first kappa shape index (κ1) is 21.8. The molecule has 0 aliphatic rings. The van der Waals surface area contributed by atoms with E-state index in [0.29, 0.717) is 22.0 Å². The van der Waals surface area contributed by atoms with Gasteiger partial charge in [-0.15, -0.1) is 0 Å². The van der Waals surface area contributed by atoms with E-state index in [1.54, 1.807) is 12.1 Å². The summed E-state index contributed by atoms with van der Waals surface area (Å²) in [4.78, 5) is 19.2. The molecule has 8 nitrogen and oxygen atoms in total. The van der Waals surface area contributed by atoms with Gasteiger partial charge in [-0.25, -0.2) is 18.4 Å². The Morgan fingerprint density at radius 2 is 1.83 bits per heavy atom. The summed E-state index contributed by atoms with van der Waals surface area (Å²) >= 11 is 11.9. The molecule has 3 rings (SSSR count). The molecule has 0 radical (unpaired) electrons. The Balaban J connectivity index is 2.03. The van der Waals surface area contributed by atoms with E-state index in [-0.39, 0.29) is 27.4 Å². The number of ether oxygens (including phenoxy) is 1. The molecule has 0 saturated heterocycles. The average Bonchev–Trinajstić information content (AvgIpc) is 2.69. The Hall–Kier alpha value is -2.88. The van der Waals surface area contributed by atoms with Crippen LogP contribution in [0.15, 0.2) is 53.7 Å². The number of methoxy groups -OCH3 is 1. The molecule has 2 heterocycles. The van der Waals surface area contributed by atoms with Gasteiger partial charge in [-0.3, -0.25) is 9.52 Å². The van der Waals surface area contributed by atoms with Crippen LogP contribution >= 0.6 is 23.2 Å². The summed E-state index contributed by atoms with van der Waals surface area (Å²) in [6, 6.07) is 9.06. The minimum atomic E-state index is -4.10. The number of carbonyl (C=O) groups excluding carboxylic acids is 1. The maximum atomic E-state index is 13.0. The Morgan fingerprint density at radius 3 is 2.50 bits per heavy atom. The topological polar surface area (TPSA) is 110 Å². The van der Waals surface area contributed by atoms with Gasteiger partial charge in [0.25, 0.3) is 10.0 Å². The number of carbonyl (C=O) groups is 1. The molecule has 0 aliphatic heterocycles. The fourth-order valence-electron chi connectivity index (χ4n) is 2.57. The Bertz CT molecular complexity index is 1220. The first-order chi connectivity index (χ1) is 14.2. The molecule has 2 aromatic heterocycles. The minimum absolute atomic E-state index is 0.0903. The van der Waals surface area contributed by atoms with Crippen molar-refractivity contribution in [2.75, 3.05) is 17.1 Å². The van der Waals surface area contributed by atoms with Gasteiger partial charge in [-0.2, -0.15) is 0 Å². The predicted molar refractivity (Wildman–Crippen MR) is 116 cm³/mol. The van der Waals surface area contributed by atoms with Crippen LogP contribution in [0, 0.1) is 0 Å². The van der Waals surface area contributed by atoms with Crippen LogP contribution in [-0.2, 0) is 14.8 Å². The van der Waals surface area contributed by atoms with Crippen molar-refractivity contribution in [2.45, 2.75) is 11.8 Å². The third kappa shape index (κ3) is 4.99. The van der Waals surface area contributed by atoms with Crippen molar-refractivity contribution in [2.24, 2.45) is 0 Å². The van der Waals surface area contributed by atoms with Crippen LogP contribution in [0.1, 0.15) is 6.92 Å². The molecule has 0 unspecified atom stereocenters. The number of sulfonamides is 1. The second kappa shape index (κ2) is 8.86. The summed E-state index contributed by atoms with van der Waals surface area (Å²) in [7, 11) is -2.78. The summed E-state index contributed by atoms with van der Waals surface area (Å²) in [6.45, 7) is 1.36. The molecule has 30 heavy (non-hydrogen) atoms. The van der Waals surface area contributed by atoms with Crippen molar-refractivity contribution in [3.05, 3.63) is 58.8 Å². The molecule has 1 amide bonds. The number of anilines is 2. The monoisotopic (exact) mass is 466 g/mol. The van der Waals surface area contributed by atoms with E-state index >= 15 is 0 Å². The highest BCUT2D eigenvalue weighted by molar-refractivity contribution is 7.92. The zero-order valence-corrected chi connectivity index (χ0v) is 18.1. The van der Waals surface area contributed by atoms with E-state index in [2.05, 4.69) is 20.0 Å². The van der Waals surface area contributed by atoms with Gasteiger partial charge in [0, 0.05) is 29.9 Å². The predicted octanol–water partition coefficient (Wildman–Crippen LogP) is 4.22. The van der Waals surface area contributed by atoms with Crippen LogP contribution in [0.2, 0.25) is 10.0 Å². The number of halogens is 2. The van der Waals surface area contributed by atoms with E-state index in [1.165, 1.54) is 50.7 Å². The van der Waals surface area contributed by atoms with Crippen molar-refractivity contribution in [1.29, 1.82) is 0 Å². The molecule has 0 bridgehead atoms. The van der Waals surface area contributed by atoms with Gasteiger partial charge >= 0.3 is 0 Å². The SMILES string of the molecule is COc1ncc(-c2ccnc(NC(C)=O)c2)cc1S(=O)(=O)Nc1ccc(Cl)cc1Cl. The summed E-state index contributed by atoms with van der Waals surface area (Å²) in [6.07, 6.45) is 2.95. The Morgan fingerprint density at radius 1 is 1.07 bits per heavy atom. The molecule has 3 aromatic rings. The molecule has 0 aliphatic carbocycles. The van der Waals surface area contributed by atoms with E-state index in [1.807, 2.05) is 0 Å². The standard InChI is InChI=1S/C19H16Cl2N4O4S/c1-11(26)24-18-8-12(5-6-22-18)13-7-17(19(29-2)23-10-13)30(27,28)25-16-4-3-14(20)9-15(16)21/h3-10,25H,1-2H3,(H,22,24,26). The quantitative estimate of drug-likeness (QED) is 0.562. The van der Waals surface area contributed by atoms with Crippen molar-refractivity contribution < 1.29 is 17.9 Å². The highest BCUT2D eigenvalue weighted by Gasteiger charge is 2.23. The van der Waals surface area contributed by atoms with Gasteiger partial charge in [-0.1, -0.05) is 23.2 Å². The second-order valence-electron chi connectivity index (χ2n) is 6.07. The lowest BCUT2D eigenvalue weighted by atomic mass is 10.1. The number of rotatable bonds is 6. The van der Waals surface area contributed by atoms with Crippen molar-refractivity contribution in [3.63, 3.8) is 0 Å². The van der Waals surface area contributed by atoms with Gasteiger partial charge in [0.1, 0.15) is 10.7 Å². The zero-order valence-electron chi connectivity index (χ0n) is 15.8. The number of aromatic nitrogens is 2. The van der Waals surface area contributed by atoms with E-state index in [9.17, 15) is 13.2 Å². The van der Waals surface area contributed by atoms with Gasteiger partial charge in [0.2, 0.25) is 11.8 Å². The lowest BCUT2D eigenvalue weighted by Crippen LogP contribution is -2.15. The Labute approximate surface area is 183 Å². The highest BCUT2D eigenvalue weighted by atomic mass is 35.5. The number of hydrogen-bond acceptors (Lipinski definition) is 6. The minimum Gasteiger partial charge on any atom is -0.480 e. The van der Waals surface area contributed by atoms with E-state index in [4.69, 9.17) is 27.9 Å². The number of benzene rings is 1. The number of pyridine rings is 2. The smallest absolute Gasteiger partial charge is 0.267 e. The van der Waals surface area contributed by atoms with Crippen LogP contribution in [-0.4, -0.2) is 31.4 Å². The van der Waals surface area contributed by atoms with Gasteiger partial charge in [0.05, 0.1) is 17.8 Å². The highest BCUT2D eigenvalue weighted by Crippen LogP contribution is 2.32. The largest absolute Gasteiger partial charge is 0.480 e. The molecule has 1 aromatic carbocycles. The fourth-order valence-corrected chi connectivity index (χ4v) is 4.30. The van der Waals surface area contributed by atoms with Crippen molar-refractivity contribution in [3.8, 4) is 17.0 Å². The zero-order chi connectivity index (χ0) is 21.9. The van der Waals surface area contributed by atoms with Crippen LogP contribution in [0.5, 0.6) is 5.88 Å².